The monoisotopic (exact) mass is 468 g/mol. The van der Waals surface area contributed by atoms with Gasteiger partial charge in [0.25, 0.3) is 0 Å². The molecule has 1 unspecified atom stereocenters. The normalized spacial score (nSPS) is 24.9. The van der Waals surface area contributed by atoms with E-state index in [1.165, 1.54) is 53.4 Å². The number of para-hydroxylation sites is 2. The molecule has 1 spiro atoms. The fourth-order valence-electron chi connectivity index (χ4n) is 6.25. The minimum Gasteiger partial charge on any atom is -0.493 e. The van der Waals surface area contributed by atoms with Crippen molar-refractivity contribution in [1.82, 2.24) is 10.3 Å². The summed E-state index contributed by atoms with van der Waals surface area (Å²) in [5.41, 5.74) is 5.62. The molecule has 4 nitrogen and oxygen atoms in total. The first kappa shape index (κ1) is 24.0. The third-order valence-electron chi connectivity index (χ3n) is 8.09. The summed E-state index contributed by atoms with van der Waals surface area (Å²) in [6.07, 6.45) is 4.88. The van der Waals surface area contributed by atoms with Gasteiger partial charge in [-0.15, -0.1) is 12.4 Å². The Bertz CT molecular complexity index is 1120. The number of benzene rings is 2. The highest BCUT2D eigenvalue weighted by molar-refractivity contribution is 5.87. The quantitative estimate of drug-likeness (QED) is 0.445. The molecular formula is C28H37ClN2O2. The Labute approximate surface area is 203 Å². The summed E-state index contributed by atoms with van der Waals surface area (Å²) >= 11 is 0. The van der Waals surface area contributed by atoms with E-state index in [4.69, 9.17) is 9.47 Å². The van der Waals surface area contributed by atoms with Crippen molar-refractivity contribution >= 4 is 23.3 Å². The summed E-state index contributed by atoms with van der Waals surface area (Å²) in [7, 11) is 3.45. The van der Waals surface area contributed by atoms with Crippen LogP contribution in [-0.2, 0) is 5.54 Å². The van der Waals surface area contributed by atoms with Crippen LogP contribution >= 0.6 is 12.4 Å². The summed E-state index contributed by atoms with van der Waals surface area (Å²) in [5, 5.41) is 5.36. The second-order valence-corrected chi connectivity index (χ2v) is 10.7. The number of rotatable bonds is 3. The Balaban J connectivity index is 0.00000259. The van der Waals surface area contributed by atoms with Gasteiger partial charge in [0, 0.05) is 34.6 Å². The van der Waals surface area contributed by atoms with Crippen LogP contribution in [0.2, 0.25) is 0 Å². The molecule has 1 aliphatic carbocycles. The van der Waals surface area contributed by atoms with E-state index in [0.29, 0.717) is 5.41 Å². The van der Waals surface area contributed by atoms with Crippen LogP contribution in [0.25, 0.3) is 10.9 Å². The van der Waals surface area contributed by atoms with Crippen molar-refractivity contribution in [2.24, 2.45) is 11.3 Å². The molecular weight excluding hydrogens is 432 g/mol. The molecule has 1 aliphatic heterocycles. The standard InChI is InChI=1S/C28H36N2O2.ClH/c1-27(2,3)18-13-15-28(16-14-18)26-24(20-9-6-7-11-22(20)30-26)21(17-29-28)19-10-8-12-23(31-4)25(19)32-5;/h6-12,18,21,29-30H,13-17H2,1-5H3;1H. The molecule has 0 amide bonds. The van der Waals surface area contributed by atoms with Crippen LogP contribution in [0, 0.1) is 11.3 Å². The predicted molar refractivity (Wildman–Crippen MR) is 138 cm³/mol. The second kappa shape index (κ2) is 8.88. The van der Waals surface area contributed by atoms with Crippen molar-refractivity contribution in [2.75, 3.05) is 20.8 Å². The average molecular weight is 469 g/mol. The van der Waals surface area contributed by atoms with Gasteiger partial charge in [-0.05, 0) is 54.7 Å². The maximum atomic E-state index is 5.85. The summed E-state index contributed by atoms with van der Waals surface area (Å²) in [4.78, 5) is 3.86. The van der Waals surface area contributed by atoms with Crippen LogP contribution in [0.3, 0.4) is 0 Å². The zero-order valence-electron chi connectivity index (χ0n) is 20.5. The predicted octanol–water partition coefficient (Wildman–Crippen LogP) is 6.77. The molecule has 178 valence electrons. The Morgan fingerprint density at radius 2 is 1.67 bits per heavy atom. The maximum absolute atomic E-state index is 5.85. The lowest BCUT2D eigenvalue weighted by Crippen LogP contribution is -2.51. The van der Waals surface area contributed by atoms with Gasteiger partial charge in [-0.3, -0.25) is 0 Å². The third-order valence-corrected chi connectivity index (χ3v) is 8.09. The topological polar surface area (TPSA) is 46.3 Å². The molecule has 1 atom stereocenters. The molecule has 3 aromatic rings. The lowest BCUT2D eigenvalue weighted by atomic mass is 9.64. The van der Waals surface area contributed by atoms with E-state index < -0.39 is 0 Å². The molecule has 1 fully saturated rings. The van der Waals surface area contributed by atoms with E-state index in [9.17, 15) is 0 Å². The van der Waals surface area contributed by atoms with Crippen LogP contribution in [0.5, 0.6) is 11.5 Å². The molecule has 0 radical (unpaired) electrons. The number of aromatic amines is 1. The number of aromatic nitrogens is 1. The average Bonchev–Trinajstić information content (AvgIpc) is 3.20. The zero-order chi connectivity index (χ0) is 22.5. The minimum absolute atomic E-state index is 0. The molecule has 2 heterocycles. The Hall–Kier alpha value is -2.17. The van der Waals surface area contributed by atoms with Crippen LogP contribution < -0.4 is 14.8 Å². The van der Waals surface area contributed by atoms with Crippen LogP contribution in [-0.4, -0.2) is 25.7 Å². The molecule has 1 aromatic heterocycles. The van der Waals surface area contributed by atoms with Crippen molar-refractivity contribution in [3.8, 4) is 11.5 Å². The Kier molecular flexibility index (Phi) is 6.45. The molecule has 5 rings (SSSR count). The lowest BCUT2D eigenvalue weighted by Gasteiger charge is -2.48. The number of halogens is 1. The molecule has 33 heavy (non-hydrogen) atoms. The molecule has 0 saturated heterocycles. The van der Waals surface area contributed by atoms with E-state index >= 15 is 0 Å². The number of nitrogens with one attached hydrogen (secondary N) is 2. The summed E-state index contributed by atoms with van der Waals surface area (Å²) < 4.78 is 11.5. The highest BCUT2D eigenvalue weighted by atomic mass is 35.5. The molecule has 2 N–H and O–H groups in total. The minimum atomic E-state index is 0. The van der Waals surface area contributed by atoms with Crippen molar-refractivity contribution in [2.45, 2.75) is 57.9 Å². The Morgan fingerprint density at radius 3 is 2.33 bits per heavy atom. The van der Waals surface area contributed by atoms with E-state index in [1.807, 2.05) is 6.07 Å². The first-order valence-electron chi connectivity index (χ1n) is 11.9. The fourth-order valence-corrected chi connectivity index (χ4v) is 6.25. The first-order chi connectivity index (χ1) is 15.4. The molecule has 1 saturated carbocycles. The van der Waals surface area contributed by atoms with E-state index in [1.54, 1.807) is 14.2 Å². The van der Waals surface area contributed by atoms with E-state index in [-0.39, 0.29) is 23.9 Å². The molecule has 0 bridgehead atoms. The van der Waals surface area contributed by atoms with Crippen molar-refractivity contribution in [1.29, 1.82) is 0 Å². The highest BCUT2D eigenvalue weighted by Gasteiger charge is 2.46. The maximum Gasteiger partial charge on any atom is 0.164 e. The van der Waals surface area contributed by atoms with Crippen molar-refractivity contribution in [3.05, 3.63) is 59.3 Å². The Morgan fingerprint density at radius 1 is 0.939 bits per heavy atom. The lowest BCUT2D eigenvalue weighted by molar-refractivity contribution is 0.105. The van der Waals surface area contributed by atoms with Gasteiger partial charge in [0.1, 0.15) is 0 Å². The van der Waals surface area contributed by atoms with Crippen LogP contribution in [0.1, 0.15) is 69.2 Å². The number of H-pyrrole nitrogens is 1. The zero-order valence-corrected chi connectivity index (χ0v) is 21.3. The van der Waals surface area contributed by atoms with Crippen LogP contribution in [0.15, 0.2) is 42.5 Å². The van der Waals surface area contributed by atoms with Gasteiger partial charge < -0.3 is 19.8 Å². The number of fused-ring (bicyclic) bond motifs is 4. The smallest absolute Gasteiger partial charge is 0.164 e. The SMILES string of the molecule is COc1cccc(C2CNC3(CCC(C(C)(C)C)CC3)c3[nH]c4ccccc4c32)c1OC.Cl. The summed E-state index contributed by atoms with van der Waals surface area (Å²) in [6, 6.07) is 15.0. The van der Waals surface area contributed by atoms with Crippen molar-refractivity contribution < 1.29 is 9.47 Å². The van der Waals surface area contributed by atoms with Gasteiger partial charge in [-0.25, -0.2) is 0 Å². The highest BCUT2D eigenvalue weighted by Crippen LogP contribution is 2.52. The second-order valence-electron chi connectivity index (χ2n) is 10.7. The van der Waals surface area contributed by atoms with E-state index in [2.05, 4.69) is 67.5 Å². The molecule has 2 aliphatic rings. The summed E-state index contributed by atoms with van der Waals surface area (Å²) in [5.74, 6) is 2.61. The van der Waals surface area contributed by atoms with Gasteiger partial charge >= 0.3 is 0 Å². The molecule has 5 heteroatoms. The first-order valence-corrected chi connectivity index (χ1v) is 11.9. The van der Waals surface area contributed by atoms with Gasteiger partial charge in [-0.1, -0.05) is 51.1 Å². The van der Waals surface area contributed by atoms with Crippen LogP contribution in [0.4, 0.5) is 0 Å². The fraction of sp³-hybridized carbons (Fsp3) is 0.500. The molecule has 2 aromatic carbocycles. The number of ether oxygens (including phenoxy) is 2. The number of hydrogen-bond donors (Lipinski definition) is 2. The summed E-state index contributed by atoms with van der Waals surface area (Å²) in [6.45, 7) is 8.08. The van der Waals surface area contributed by atoms with Gasteiger partial charge in [0.05, 0.1) is 19.8 Å². The van der Waals surface area contributed by atoms with Crippen molar-refractivity contribution in [3.63, 3.8) is 0 Å². The largest absolute Gasteiger partial charge is 0.493 e. The number of methoxy groups -OCH3 is 2. The van der Waals surface area contributed by atoms with E-state index in [0.717, 1.165) is 24.0 Å². The van der Waals surface area contributed by atoms with Gasteiger partial charge in [0.15, 0.2) is 11.5 Å². The number of hydrogen-bond acceptors (Lipinski definition) is 3. The van der Waals surface area contributed by atoms with Gasteiger partial charge in [-0.2, -0.15) is 0 Å². The third kappa shape index (κ3) is 3.91. The van der Waals surface area contributed by atoms with Gasteiger partial charge in [0.2, 0.25) is 0 Å².